The van der Waals surface area contributed by atoms with Crippen molar-refractivity contribution in [3.8, 4) is 0 Å². The van der Waals surface area contributed by atoms with Crippen LogP contribution in [-0.4, -0.2) is 36.7 Å². The molecule has 0 aromatic heterocycles. The van der Waals surface area contributed by atoms with Gasteiger partial charge in [0.2, 0.25) is 0 Å². The lowest BCUT2D eigenvalue weighted by Gasteiger charge is -2.43. The number of benzene rings is 1. The Morgan fingerprint density at radius 3 is 2.33 bits per heavy atom. The maximum atomic E-state index is 5.94. The van der Waals surface area contributed by atoms with Gasteiger partial charge in [-0.05, 0) is 30.4 Å². The number of hydrogen-bond donors (Lipinski definition) is 1. The predicted octanol–water partition coefficient (Wildman–Crippen LogP) is 3.09. The van der Waals surface area contributed by atoms with Gasteiger partial charge in [-0.25, -0.2) is 0 Å². The van der Waals surface area contributed by atoms with E-state index in [2.05, 4.69) is 63.8 Å². The van der Waals surface area contributed by atoms with Gasteiger partial charge in [0, 0.05) is 19.1 Å². The van der Waals surface area contributed by atoms with E-state index < -0.39 is 0 Å². The fraction of sp³-hybridized carbons (Fsp3) is 0.667. The molecule has 2 unspecified atom stereocenters. The Hall–Kier alpha value is -0.900. The van der Waals surface area contributed by atoms with Gasteiger partial charge in [0.15, 0.2) is 0 Å². The minimum atomic E-state index is 0.0848. The number of nitrogens with zero attached hydrogens (tertiary/aromatic N) is 1. The standard InChI is InChI=1S/C18H30N2O/c1-13(2)20-10-11-21-16(12-19)17(20)14-6-8-15(9-7-14)18(3,4)5/h6-9,13,16-17H,10-12,19H2,1-5H3. The first-order valence-electron chi connectivity index (χ1n) is 8.02. The third-order valence-electron chi connectivity index (χ3n) is 4.40. The quantitative estimate of drug-likeness (QED) is 0.929. The van der Waals surface area contributed by atoms with Crippen LogP contribution in [0, 0.1) is 0 Å². The molecule has 1 aromatic carbocycles. The Balaban J connectivity index is 2.31. The Morgan fingerprint density at radius 2 is 1.86 bits per heavy atom. The molecule has 2 atom stereocenters. The van der Waals surface area contributed by atoms with Crippen molar-refractivity contribution in [3.05, 3.63) is 35.4 Å². The third-order valence-corrected chi connectivity index (χ3v) is 4.40. The summed E-state index contributed by atoms with van der Waals surface area (Å²) in [6, 6.07) is 9.75. The van der Waals surface area contributed by atoms with Crippen molar-refractivity contribution in [2.75, 3.05) is 19.7 Å². The van der Waals surface area contributed by atoms with Crippen molar-refractivity contribution in [3.63, 3.8) is 0 Å². The lowest BCUT2D eigenvalue weighted by Crippen LogP contribution is -2.50. The van der Waals surface area contributed by atoms with Crippen molar-refractivity contribution in [1.82, 2.24) is 4.90 Å². The minimum Gasteiger partial charge on any atom is -0.374 e. The van der Waals surface area contributed by atoms with Gasteiger partial charge >= 0.3 is 0 Å². The normalized spacial score (nSPS) is 24.5. The molecule has 1 aromatic rings. The highest BCUT2D eigenvalue weighted by molar-refractivity contribution is 5.30. The monoisotopic (exact) mass is 290 g/mol. The smallest absolute Gasteiger partial charge is 0.0894 e. The van der Waals surface area contributed by atoms with Crippen LogP contribution in [0.3, 0.4) is 0 Å². The first kappa shape index (κ1) is 16.5. The second-order valence-electron chi connectivity index (χ2n) is 7.29. The summed E-state index contributed by atoms with van der Waals surface area (Å²) >= 11 is 0. The van der Waals surface area contributed by atoms with Gasteiger partial charge in [0.1, 0.15) is 0 Å². The van der Waals surface area contributed by atoms with E-state index in [0.717, 1.165) is 13.2 Å². The summed E-state index contributed by atoms with van der Waals surface area (Å²) in [5, 5.41) is 0. The molecular formula is C18H30N2O. The third kappa shape index (κ3) is 3.65. The van der Waals surface area contributed by atoms with Crippen molar-refractivity contribution in [2.45, 2.75) is 58.2 Å². The molecule has 3 heteroatoms. The minimum absolute atomic E-state index is 0.0848. The van der Waals surface area contributed by atoms with Gasteiger partial charge < -0.3 is 10.5 Å². The number of morpholine rings is 1. The Morgan fingerprint density at radius 1 is 1.24 bits per heavy atom. The summed E-state index contributed by atoms with van der Waals surface area (Å²) in [5.41, 5.74) is 8.80. The topological polar surface area (TPSA) is 38.5 Å². The first-order chi connectivity index (χ1) is 9.84. The molecule has 1 saturated heterocycles. The van der Waals surface area contributed by atoms with E-state index in [0.29, 0.717) is 12.6 Å². The fourth-order valence-electron chi connectivity index (χ4n) is 3.12. The number of nitrogens with two attached hydrogens (primary N) is 1. The zero-order valence-corrected chi connectivity index (χ0v) is 14.1. The number of ether oxygens (including phenoxy) is 1. The van der Waals surface area contributed by atoms with Crippen LogP contribution >= 0.6 is 0 Å². The second-order valence-corrected chi connectivity index (χ2v) is 7.29. The summed E-state index contributed by atoms with van der Waals surface area (Å²) < 4.78 is 5.91. The van der Waals surface area contributed by atoms with Crippen LogP contribution in [0.1, 0.15) is 51.8 Å². The molecule has 0 spiro atoms. The molecule has 21 heavy (non-hydrogen) atoms. The zero-order valence-electron chi connectivity index (χ0n) is 14.1. The van der Waals surface area contributed by atoms with Crippen molar-refractivity contribution < 1.29 is 4.74 Å². The van der Waals surface area contributed by atoms with Crippen LogP contribution < -0.4 is 5.73 Å². The van der Waals surface area contributed by atoms with E-state index in [9.17, 15) is 0 Å². The van der Waals surface area contributed by atoms with E-state index in [1.807, 2.05) is 0 Å². The van der Waals surface area contributed by atoms with Crippen LogP contribution in [-0.2, 0) is 10.2 Å². The Bertz CT molecular complexity index is 447. The zero-order chi connectivity index (χ0) is 15.6. The molecule has 0 saturated carbocycles. The van der Waals surface area contributed by atoms with E-state index in [4.69, 9.17) is 10.5 Å². The lowest BCUT2D eigenvalue weighted by molar-refractivity contribution is -0.0789. The molecule has 0 radical (unpaired) electrons. The van der Waals surface area contributed by atoms with Gasteiger partial charge in [0.25, 0.3) is 0 Å². The van der Waals surface area contributed by atoms with Crippen LogP contribution in [0.5, 0.6) is 0 Å². The number of hydrogen-bond acceptors (Lipinski definition) is 3. The summed E-state index contributed by atoms with van der Waals surface area (Å²) in [6.07, 6.45) is 0.0848. The maximum absolute atomic E-state index is 5.94. The van der Waals surface area contributed by atoms with E-state index >= 15 is 0 Å². The molecule has 2 rings (SSSR count). The molecule has 1 aliphatic heterocycles. The molecule has 3 nitrogen and oxygen atoms in total. The van der Waals surface area contributed by atoms with Gasteiger partial charge in [-0.2, -0.15) is 0 Å². The summed E-state index contributed by atoms with van der Waals surface area (Å²) in [5.74, 6) is 0. The molecule has 0 amide bonds. The van der Waals surface area contributed by atoms with Crippen molar-refractivity contribution in [1.29, 1.82) is 0 Å². The molecule has 2 N–H and O–H groups in total. The number of rotatable bonds is 3. The largest absolute Gasteiger partial charge is 0.374 e. The van der Waals surface area contributed by atoms with Gasteiger partial charge in [-0.1, -0.05) is 45.0 Å². The fourth-order valence-corrected chi connectivity index (χ4v) is 3.12. The highest BCUT2D eigenvalue weighted by Crippen LogP contribution is 2.32. The van der Waals surface area contributed by atoms with Gasteiger partial charge in [-0.15, -0.1) is 0 Å². The average molecular weight is 290 g/mol. The molecule has 118 valence electrons. The highest BCUT2D eigenvalue weighted by Gasteiger charge is 2.34. The van der Waals surface area contributed by atoms with Gasteiger partial charge in [-0.3, -0.25) is 4.90 Å². The summed E-state index contributed by atoms with van der Waals surface area (Å²) in [4.78, 5) is 2.51. The summed E-state index contributed by atoms with van der Waals surface area (Å²) in [6.45, 7) is 13.5. The lowest BCUT2D eigenvalue weighted by atomic mass is 9.85. The van der Waals surface area contributed by atoms with E-state index in [-0.39, 0.29) is 17.6 Å². The predicted molar refractivity (Wildman–Crippen MR) is 88.5 cm³/mol. The summed E-state index contributed by atoms with van der Waals surface area (Å²) in [7, 11) is 0. The van der Waals surface area contributed by atoms with Crippen LogP contribution in [0.25, 0.3) is 0 Å². The Labute approximate surface area is 129 Å². The molecular weight excluding hydrogens is 260 g/mol. The molecule has 1 heterocycles. The maximum Gasteiger partial charge on any atom is 0.0894 e. The SMILES string of the molecule is CC(C)N1CCOC(CN)C1c1ccc(C(C)(C)C)cc1. The van der Waals surface area contributed by atoms with Crippen LogP contribution in [0.4, 0.5) is 0 Å². The Kier molecular flexibility index (Phi) is 5.07. The van der Waals surface area contributed by atoms with Gasteiger partial charge in [0.05, 0.1) is 18.8 Å². The average Bonchev–Trinajstić information content (AvgIpc) is 2.45. The first-order valence-corrected chi connectivity index (χ1v) is 8.02. The molecule has 0 bridgehead atoms. The van der Waals surface area contributed by atoms with Crippen LogP contribution in [0.15, 0.2) is 24.3 Å². The second kappa shape index (κ2) is 6.47. The van der Waals surface area contributed by atoms with E-state index in [1.165, 1.54) is 11.1 Å². The van der Waals surface area contributed by atoms with Crippen LogP contribution in [0.2, 0.25) is 0 Å². The molecule has 1 aliphatic rings. The van der Waals surface area contributed by atoms with Crippen molar-refractivity contribution in [2.24, 2.45) is 5.73 Å². The van der Waals surface area contributed by atoms with Crippen molar-refractivity contribution >= 4 is 0 Å². The molecule has 0 aliphatic carbocycles. The molecule has 1 fully saturated rings. The highest BCUT2D eigenvalue weighted by atomic mass is 16.5. The van der Waals surface area contributed by atoms with E-state index in [1.54, 1.807) is 0 Å².